The Labute approximate surface area is 101 Å². The average Bonchev–Trinajstić information content (AvgIpc) is 2.38. The second-order valence-electron chi connectivity index (χ2n) is 3.72. The standard InChI is InChI=1S/C13H17NO3/c1-3-11(9-12(15)17-2)14-13(16)10-7-5-4-6-8-10/h4-8,11H,3,9H2,1-2H3,(H,14,16). The Morgan fingerprint density at radius 2 is 1.94 bits per heavy atom. The zero-order valence-corrected chi connectivity index (χ0v) is 10.1. The quantitative estimate of drug-likeness (QED) is 0.791. The molecule has 17 heavy (non-hydrogen) atoms. The van der Waals surface area contributed by atoms with Crippen LogP contribution in [0.4, 0.5) is 0 Å². The zero-order chi connectivity index (χ0) is 12.7. The minimum atomic E-state index is -0.315. The number of esters is 1. The summed E-state index contributed by atoms with van der Waals surface area (Å²) in [7, 11) is 1.34. The van der Waals surface area contributed by atoms with Crippen LogP contribution in [0.1, 0.15) is 30.1 Å². The maximum atomic E-state index is 11.8. The highest BCUT2D eigenvalue weighted by Crippen LogP contribution is 2.03. The molecule has 0 bridgehead atoms. The van der Waals surface area contributed by atoms with E-state index >= 15 is 0 Å². The number of methoxy groups -OCH3 is 1. The van der Waals surface area contributed by atoms with Crippen molar-refractivity contribution in [2.45, 2.75) is 25.8 Å². The molecule has 4 heteroatoms. The molecule has 92 valence electrons. The predicted octanol–water partition coefficient (Wildman–Crippen LogP) is 1.76. The molecule has 0 fully saturated rings. The number of ether oxygens (including phenoxy) is 1. The highest BCUT2D eigenvalue weighted by molar-refractivity contribution is 5.94. The molecule has 0 aromatic heterocycles. The molecule has 0 spiro atoms. The number of benzene rings is 1. The molecule has 0 aliphatic heterocycles. The Morgan fingerprint density at radius 1 is 1.29 bits per heavy atom. The van der Waals surface area contributed by atoms with Gasteiger partial charge in [-0.1, -0.05) is 25.1 Å². The van der Waals surface area contributed by atoms with Crippen molar-refractivity contribution in [2.75, 3.05) is 7.11 Å². The normalized spacial score (nSPS) is 11.6. The maximum Gasteiger partial charge on any atom is 0.307 e. The van der Waals surface area contributed by atoms with Gasteiger partial charge in [-0.3, -0.25) is 9.59 Å². The molecule has 1 unspecified atom stereocenters. The molecular weight excluding hydrogens is 218 g/mol. The van der Waals surface area contributed by atoms with Crippen molar-refractivity contribution in [1.29, 1.82) is 0 Å². The summed E-state index contributed by atoms with van der Waals surface area (Å²) in [6.45, 7) is 1.92. The summed E-state index contributed by atoms with van der Waals surface area (Å²) in [5.74, 6) is -0.480. The number of nitrogens with one attached hydrogen (secondary N) is 1. The number of amides is 1. The first kappa shape index (κ1) is 13.2. The molecule has 0 saturated heterocycles. The van der Waals surface area contributed by atoms with Crippen LogP contribution in [-0.4, -0.2) is 25.0 Å². The third-order valence-electron chi connectivity index (χ3n) is 2.50. The topological polar surface area (TPSA) is 55.4 Å². The summed E-state index contributed by atoms with van der Waals surface area (Å²) in [6.07, 6.45) is 0.888. The molecule has 1 N–H and O–H groups in total. The first-order chi connectivity index (χ1) is 8.17. The molecule has 0 saturated carbocycles. The van der Waals surface area contributed by atoms with Crippen molar-refractivity contribution in [2.24, 2.45) is 0 Å². The molecule has 4 nitrogen and oxygen atoms in total. The minimum absolute atomic E-state index is 0.165. The number of hydrogen-bond donors (Lipinski definition) is 1. The van der Waals surface area contributed by atoms with Gasteiger partial charge in [0.2, 0.25) is 0 Å². The molecule has 1 atom stereocenters. The van der Waals surface area contributed by atoms with E-state index in [4.69, 9.17) is 0 Å². The van der Waals surface area contributed by atoms with Gasteiger partial charge in [0.1, 0.15) is 0 Å². The van der Waals surface area contributed by atoms with Crippen LogP contribution in [0, 0.1) is 0 Å². The molecule has 1 aromatic carbocycles. The number of carbonyl (C=O) groups is 2. The van der Waals surface area contributed by atoms with E-state index in [-0.39, 0.29) is 24.3 Å². The summed E-state index contributed by atoms with van der Waals surface area (Å²) >= 11 is 0. The monoisotopic (exact) mass is 235 g/mol. The Hall–Kier alpha value is -1.84. The lowest BCUT2D eigenvalue weighted by Gasteiger charge is -2.15. The fraction of sp³-hybridized carbons (Fsp3) is 0.385. The zero-order valence-electron chi connectivity index (χ0n) is 10.1. The summed E-state index contributed by atoms with van der Waals surface area (Å²) in [5, 5.41) is 2.81. The molecule has 1 amide bonds. The van der Waals surface area contributed by atoms with E-state index in [9.17, 15) is 9.59 Å². The van der Waals surface area contributed by atoms with E-state index in [0.717, 1.165) is 0 Å². The number of rotatable bonds is 5. The fourth-order valence-electron chi connectivity index (χ4n) is 1.44. The van der Waals surface area contributed by atoms with Crippen LogP contribution >= 0.6 is 0 Å². The number of hydrogen-bond acceptors (Lipinski definition) is 3. The lowest BCUT2D eigenvalue weighted by Crippen LogP contribution is -2.36. The van der Waals surface area contributed by atoms with Gasteiger partial charge in [-0.2, -0.15) is 0 Å². The Bertz CT molecular complexity index is 376. The molecular formula is C13H17NO3. The predicted molar refractivity (Wildman–Crippen MR) is 64.6 cm³/mol. The van der Waals surface area contributed by atoms with Gasteiger partial charge < -0.3 is 10.1 Å². The van der Waals surface area contributed by atoms with Crippen LogP contribution in [-0.2, 0) is 9.53 Å². The maximum absolute atomic E-state index is 11.8. The average molecular weight is 235 g/mol. The van der Waals surface area contributed by atoms with Crippen molar-refractivity contribution in [3.05, 3.63) is 35.9 Å². The molecule has 0 heterocycles. The lowest BCUT2D eigenvalue weighted by atomic mass is 10.1. The van der Waals surface area contributed by atoms with Crippen molar-refractivity contribution in [3.63, 3.8) is 0 Å². The van der Waals surface area contributed by atoms with Gasteiger partial charge in [0, 0.05) is 11.6 Å². The summed E-state index contributed by atoms with van der Waals surface area (Å²) in [5.41, 5.74) is 0.593. The van der Waals surface area contributed by atoms with E-state index < -0.39 is 0 Å². The lowest BCUT2D eigenvalue weighted by molar-refractivity contribution is -0.141. The highest BCUT2D eigenvalue weighted by atomic mass is 16.5. The Kier molecular flexibility index (Phi) is 5.20. The Morgan fingerprint density at radius 3 is 2.47 bits per heavy atom. The van der Waals surface area contributed by atoms with E-state index in [2.05, 4.69) is 10.1 Å². The first-order valence-electron chi connectivity index (χ1n) is 5.60. The highest BCUT2D eigenvalue weighted by Gasteiger charge is 2.15. The van der Waals surface area contributed by atoms with Crippen molar-refractivity contribution >= 4 is 11.9 Å². The molecule has 0 radical (unpaired) electrons. The van der Waals surface area contributed by atoms with Crippen molar-refractivity contribution in [3.8, 4) is 0 Å². The van der Waals surface area contributed by atoms with Gasteiger partial charge in [0.25, 0.3) is 5.91 Å². The second-order valence-corrected chi connectivity index (χ2v) is 3.72. The van der Waals surface area contributed by atoms with Gasteiger partial charge in [-0.25, -0.2) is 0 Å². The van der Waals surface area contributed by atoms with Gasteiger partial charge in [0.05, 0.1) is 13.5 Å². The third-order valence-corrected chi connectivity index (χ3v) is 2.50. The molecule has 0 aliphatic carbocycles. The smallest absolute Gasteiger partial charge is 0.307 e. The van der Waals surface area contributed by atoms with Gasteiger partial charge in [0.15, 0.2) is 0 Å². The van der Waals surface area contributed by atoms with Crippen molar-refractivity contribution < 1.29 is 14.3 Å². The van der Waals surface area contributed by atoms with E-state index in [0.29, 0.717) is 12.0 Å². The van der Waals surface area contributed by atoms with Crippen LogP contribution in [0.15, 0.2) is 30.3 Å². The summed E-state index contributed by atoms with van der Waals surface area (Å²) in [4.78, 5) is 22.9. The van der Waals surface area contributed by atoms with Gasteiger partial charge >= 0.3 is 5.97 Å². The van der Waals surface area contributed by atoms with Crippen LogP contribution in [0.25, 0.3) is 0 Å². The Balaban J connectivity index is 2.57. The number of carbonyl (C=O) groups excluding carboxylic acids is 2. The van der Waals surface area contributed by atoms with Crippen LogP contribution in [0.5, 0.6) is 0 Å². The second kappa shape index (κ2) is 6.68. The molecule has 1 rings (SSSR count). The van der Waals surface area contributed by atoms with Gasteiger partial charge in [-0.05, 0) is 18.6 Å². The first-order valence-corrected chi connectivity index (χ1v) is 5.60. The summed E-state index contributed by atoms with van der Waals surface area (Å²) < 4.78 is 4.58. The van der Waals surface area contributed by atoms with Crippen molar-refractivity contribution in [1.82, 2.24) is 5.32 Å². The van der Waals surface area contributed by atoms with E-state index in [1.807, 2.05) is 13.0 Å². The minimum Gasteiger partial charge on any atom is -0.469 e. The third kappa shape index (κ3) is 4.26. The van der Waals surface area contributed by atoms with Crippen LogP contribution < -0.4 is 5.32 Å². The fourth-order valence-corrected chi connectivity index (χ4v) is 1.44. The van der Waals surface area contributed by atoms with Crippen LogP contribution in [0.3, 0.4) is 0 Å². The van der Waals surface area contributed by atoms with Crippen LogP contribution in [0.2, 0.25) is 0 Å². The van der Waals surface area contributed by atoms with E-state index in [1.165, 1.54) is 7.11 Å². The SMILES string of the molecule is CCC(CC(=O)OC)NC(=O)c1ccccc1. The summed E-state index contributed by atoms with van der Waals surface area (Å²) in [6, 6.07) is 8.74. The largest absolute Gasteiger partial charge is 0.469 e. The van der Waals surface area contributed by atoms with E-state index in [1.54, 1.807) is 24.3 Å². The van der Waals surface area contributed by atoms with Gasteiger partial charge in [-0.15, -0.1) is 0 Å². The molecule has 1 aromatic rings. The molecule has 0 aliphatic rings.